The summed E-state index contributed by atoms with van der Waals surface area (Å²) in [5, 5.41) is 0. The van der Waals surface area contributed by atoms with Gasteiger partial charge in [0.25, 0.3) is 0 Å². The normalized spacial score (nSPS) is 12.9. The maximum atomic E-state index is 6.19. The lowest BCUT2D eigenvalue weighted by Gasteiger charge is -2.32. The molecule has 0 spiro atoms. The fourth-order valence-corrected chi connectivity index (χ4v) is 1.87. The van der Waals surface area contributed by atoms with Crippen molar-refractivity contribution in [3.8, 4) is 0 Å². The lowest BCUT2D eigenvalue weighted by Crippen LogP contribution is -2.45. The van der Waals surface area contributed by atoms with Crippen LogP contribution in [0.15, 0.2) is 0 Å². The van der Waals surface area contributed by atoms with Crippen LogP contribution in [0.5, 0.6) is 0 Å². The largest absolute Gasteiger partial charge is 0.361 e. The Kier molecular flexibility index (Phi) is 5.57. The molecule has 0 saturated heterocycles. The van der Waals surface area contributed by atoms with Crippen molar-refractivity contribution in [2.45, 2.75) is 53.2 Å². The summed E-state index contributed by atoms with van der Waals surface area (Å²) in [4.78, 5) is 0. The third-order valence-electron chi connectivity index (χ3n) is 1.94. The van der Waals surface area contributed by atoms with Crippen molar-refractivity contribution in [2.75, 3.05) is 6.61 Å². The first kappa shape index (κ1) is 12.9. The minimum Gasteiger partial charge on any atom is -0.361 e. The minimum atomic E-state index is -0.406. The third-order valence-corrected chi connectivity index (χ3v) is 1.94. The zero-order chi connectivity index (χ0) is 10.5. The molecule has 0 aliphatic rings. The highest BCUT2D eigenvalue weighted by molar-refractivity contribution is 4.76. The summed E-state index contributed by atoms with van der Waals surface area (Å²) in [6.45, 7) is 11.4. The summed E-state index contributed by atoms with van der Waals surface area (Å²) >= 11 is 0. The van der Waals surface area contributed by atoms with Gasteiger partial charge in [0.2, 0.25) is 0 Å². The van der Waals surface area contributed by atoms with E-state index < -0.39 is 5.72 Å². The molecule has 80 valence electrons. The van der Waals surface area contributed by atoms with Crippen LogP contribution in [0.3, 0.4) is 0 Å². The van der Waals surface area contributed by atoms with Crippen molar-refractivity contribution in [2.24, 2.45) is 17.6 Å². The fourth-order valence-electron chi connectivity index (χ4n) is 1.87. The highest BCUT2D eigenvalue weighted by Crippen LogP contribution is 2.23. The molecule has 0 aliphatic carbocycles. The van der Waals surface area contributed by atoms with E-state index in [1.54, 1.807) is 0 Å². The van der Waals surface area contributed by atoms with E-state index in [1.807, 2.05) is 6.92 Å². The minimum absolute atomic E-state index is 0.406. The Morgan fingerprint density at radius 2 is 1.46 bits per heavy atom. The molecule has 0 unspecified atom stereocenters. The summed E-state index contributed by atoms with van der Waals surface area (Å²) in [5.41, 5.74) is 5.78. The molecule has 0 atom stereocenters. The first-order valence-corrected chi connectivity index (χ1v) is 5.32. The van der Waals surface area contributed by atoms with E-state index in [-0.39, 0.29) is 0 Å². The molecule has 2 heteroatoms. The summed E-state index contributed by atoms with van der Waals surface area (Å²) in [6, 6.07) is 0. The number of ether oxygens (including phenoxy) is 1. The van der Waals surface area contributed by atoms with Gasteiger partial charge in [0.15, 0.2) is 0 Å². The van der Waals surface area contributed by atoms with Crippen LogP contribution in [0.1, 0.15) is 47.5 Å². The molecule has 0 heterocycles. The van der Waals surface area contributed by atoms with Crippen molar-refractivity contribution in [1.29, 1.82) is 0 Å². The van der Waals surface area contributed by atoms with Gasteiger partial charge < -0.3 is 10.5 Å². The van der Waals surface area contributed by atoms with E-state index in [0.29, 0.717) is 18.4 Å². The molecule has 2 nitrogen and oxygen atoms in total. The Bertz CT molecular complexity index is 122. The lowest BCUT2D eigenvalue weighted by molar-refractivity contribution is -0.0624. The maximum Gasteiger partial charge on any atom is 0.117 e. The van der Waals surface area contributed by atoms with Crippen LogP contribution >= 0.6 is 0 Å². The molecule has 2 N–H and O–H groups in total. The molecule has 0 aliphatic heterocycles. The molecular weight excluding hydrogens is 162 g/mol. The molecule has 0 aromatic carbocycles. The lowest BCUT2D eigenvalue weighted by atomic mass is 9.92. The first-order valence-electron chi connectivity index (χ1n) is 5.32. The SMILES string of the molecule is CCOC(N)(CC(C)C)CC(C)C. The molecular formula is C11H25NO. The highest BCUT2D eigenvalue weighted by atomic mass is 16.5. The van der Waals surface area contributed by atoms with Crippen molar-refractivity contribution >= 4 is 0 Å². The Morgan fingerprint density at radius 3 is 1.69 bits per heavy atom. The van der Waals surface area contributed by atoms with E-state index in [0.717, 1.165) is 12.8 Å². The second-order valence-electron chi connectivity index (χ2n) is 4.69. The molecule has 0 rings (SSSR count). The van der Waals surface area contributed by atoms with Crippen molar-refractivity contribution in [1.82, 2.24) is 0 Å². The maximum absolute atomic E-state index is 6.19. The van der Waals surface area contributed by atoms with E-state index in [4.69, 9.17) is 10.5 Å². The molecule has 0 bridgehead atoms. The predicted octanol–water partition coefficient (Wildman–Crippen LogP) is 2.77. The van der Waals surface area contributed by atoms with Gasteiger partial charge in [0.05, 0.1) is 0 Å². The Hall–Kier alpha value is -0.0800. The van der Waals surface area contributed by atoms with Gasteiger partial charge in [-0.1, -0.05) is 27.7 Å². The summed E-state index contributed by atoms with van der Waals surface area (Å²) in [6.07, 6.45) is 1.89. The van der Waals surface area contributed by atoms with Crippen LogP contribution in [0, 0.1) is 11.8 Å². The molecule has 0 radical (unpaired) electrons. The first-order chi connectivity index (χ1) is 5.89. The summed E-state index contributed by atoms with van der Waals surface area (Å²) in [5.74, 6) is 1.19. The second-order valence-corrected chi connectivity index (χ2v) is 4.69. The third kappa shape index (κ3) is 6.05. The van der Waals surface area contributed by atoms with Gasteiger partial charge in [-0.05, 0) is 31.6 Å². The van der Waals surface area contributed by atoms with Gasteiger partial charge in [-0.15, -0.1) is 0 Å². The summed E-state index contributed by atoms with van der Waals surface area (Å²) < 4.78 is 5.63. The summed E-state index contributed by atoms with van der Waals surface area (Å²) in [7, 11) is 0. The van der Waals surface area contributed by atoms with Crippen molar-refractivity contribution in [3.63, 3.8) is 0 Å². The standard InChI is InChI=1S/C11H25NO/c1-6-13-11(12,7-9(2)3)8-10(4)5/h9-10H,6-8,12H2,1-5H3. The Balaban J connectivity index is 4.15. The Morgan fingerprint density at radius 1 is 1.08 bits per heavy atom. The second kappa shape index (κ2) is 5.61. The molecule has 0 saturated carbocycles. The van der Waals surface area contributed by atoms with Gasteiger partial charge in [-0.3, -0.25) is 0 Å². The monoisotopic (exact) mass is 187 g/mol. The van der Waals surface area contributed by atoms with Gasteiger partial charge in [0, 0.05) is 6.61 Å². The van der Waals surface area contributed by atoms with Crippen molar-refractivity contribution < 1.29 is 4.74 Å². The van der Waals surface area contributed by atoms with Crippen LogP contribution in [0.25, 0.3) is 0 Å². The van der Waals surface area contributed by atoms with Crippen LogP contribution in [0.4, 0.5) is 0 Å². The van der Waals surface area contributed by atoms with Gasteiger partial charge in [-0.2, -0.15) is 0 Å². The average Bonchev–Trinajstić information content (AvgIpc) is 1.81. The van der Waals surface area contributed by atoms with Crippen LogP contribution < -0.4 is 5.73 Å². The van der Waals surface area contributed by atoms with Crippen molar-refractivity contribution in [3.05, 3.63) is 0 Å². The Labute approximate surface area is 82.8 Å². The average molecular weight is 187 g/mol. The van der Waals surface area contributed by atoms with E-state index >= 15 is 0 Å². The van der Waals surface area contributed by atoms with Crippen LogP contribution in [-0.2, 0) is 4.74 Å². The van der Waals surface area contributed by atoms with Gasteiger partial charge in [-0.25, -0.2) is 0 Å². The molecule has 0 amide bonds. The number of nitrogens with two attached hydrogens (primary N) is 1. The number of hydrogen-bond acceptors (Lipinski definition) is 2. The fraction of sp³-hybridized carbons (Fsp3) is 1.00. The molecule has 13 heavy (non-hydrogen) atoms. The molecule has 0 aromatic heterocycles. The number of rotatable bonds is 6. The van der Waals surface area contributed by atoms with E-state index in [9.17, 15) is 0 Å². The van der Waals surface area contributed by atoms with Crippen LogP contribution in [-0.4, -0.2) is 12.3 Å². The molecule has 0 fully saturated rings. The highest BCUT2D eigenvalue weighted by Gasteiger charge is 2.27. The zero-order valence-corrected chi connectivity index (χ0v) is 9.76. The molecule has 0 aromatic rings. The zero-order valence-electron chi connectivity index (χ0n) is 9.76. The van der Waals surface area contributed by atoms with Gasteiger partial charge >= 0.3 is 0 Å². The van der Waals surface area contributed by atoms with E-state index in [1.165, 1.54) is 0 Å². The quantitative estimate of drug-likeness (QED) is 0.649. The van der Waals surface area contributed by atoms with Gasteiger partial charge in [0.1, 0.15) is 5.72 Å². The van der Waals surface area contributed by atoms with E-state index in [2.05, 4.69) is 27.7 Å². The van der Waals surface area contributed by atoms with Crippen LogP contribution in [0.2, 0.25) is 0 Å². The topological polar surface area (TPSA) is 35.2 Å². The predicted molar refractivity (Wildman–Crippen MR) is 57.5 cm³/mol. The smallest absolute Gasteiger partial charge is 0.117 e. The number of hydrogen-bond donors (Lipinski definition) is 1.